The molecule has 0 radical (unpaired) electrons. The molecule has 1 heterocycles. The van der Waals surface area contributed by atoms with E-state index in [1.54, 1.807) is 0 Å². The Morgan fingerprint density at radius 1 is 1.53 bits per heavy atom. The van der Waals surface area contributed by atoms with E-state index >= 15 is 0 Å². The molecule has 1 unspecified atom stereocenters. The Balaban J connectivity index is 2.67. The fourth-order valence-corrected chi connectivity index (χ4v) is 1.97. The molecule has 6 heteroatoms. The summed E-state index contributed by atoms with van der Waals surface area (Å²) in [6.45, 7) is 2.01. The van der Waals surface area contributed by atoms with Gasteiger partial charge in [-0.15, -0.1) is 11.3 Å². The smallest absolute Gasteiger partial charge is 0.323 e. The van der Waals surface area contributed by atoms with Crippen molar-refractivity contribution in [1.29, 1.82) is 0 Å². The third kappa shape index (κ3) is 3.46. The van der Waals surface area contributed by atoms with Crippen molar-refractivity contribution in [3.05, 3.63) is 16.1 Å². The predicted octanol–water partition coefficient (Wildman–Crippen LogP) is 3.35. The summed E-state index contributed by atoms with van der Waals surface area (Å²) in [5.41, 5.74) is 5.74. The van der Waals surface area contributed by atoms with Crippen molar-refractivity contribution in [3.63, 3.8) is 0 Å². The van der Waals surface area contributed by atoms with Crippen LogP contribution in [-0.2, 0) is 6.18 Å². The Labute approximate surface area is 90.3 Å². The zero-order valence-electron chi connectivity index (χ0n) is 8.34. The Hall–Kier alpha value is -0.620. The molecule has 0 saturated heterocycles. The molecule has 0 amide bonds. The third-order valence-electron chi connectivity index (χ3n) is 2.00. The van der Waals surface area contributed by atoms with Crippen molar-refractivity contribution >= 4 is 11.3 Å². The van der Waals surface area contributed by atoms with Gasteiger partial charge in [-0.2, -0.15) is 13.2 Å². The first-order chi connectivity index (χ1) is 6.95. The molecule has 2 nitrogen and oxygen atoms in total. The van der Waals surface area contributed by atoms with Gasteiger partial charge in [-0.3, -0.25) is 0 Å². The molecule has 0 aliphatic rings. The zero-order valence-corrected chi connectivity index (χ0v) is 9.16. The molecule has 0 spiro atoms. The standard InChI is InChI=1S/C9H13F3N2S/c1-2-3-4-6(13)7-5-14-8(15-7)9(10,11)12/h5-6H,2-4,13H2,1H3. The van der Waals surface area contributed by atoms with Crippen molar-refractivity contribution in [2.75, 3.05) is 0 Å². The number of rotatable bonds is 4. The van der Waals surface area contributed by atoms with Crippen LogP contribution in [0, 0.1) is 0 Å². The minimum absolute atomic E-state index is 0.321. The highest BCUT2D eigenvalue weighted by Crippen LogP contribution is 2.34. The highest BCUT2D eigenvalue weighted by Gasteiger charge is 2.34. The van der Waals surface area contributed by atoms with Gasteiger partial charge in [-0.25, -0.2) is 4.98 Å². The Morgan fingerprint density at radius 2 is 2.20 bits per heavy atom. The number of unbranched alkanes of at least 4 members (excludes halogenated alkanes) is 1. The quantitative estimate of drug-likeness (QED) is 0.873. The highest BCUT2D eigenvalue weighted by molar-refractivity contribution is 7.11. The number of hydrogen-bond donors (Lipinski definition) is 1. The molecule has 0 aromatic carbocycles. The molecule has 2 N–H and O–H groups in total. The lowest BCUT2D eigenvalue weighted by Gasteiger charge is -2.07. The average molecular weight is 238 g/mol. The lowest BCUT2D eigenvalue weighted by Crippen LogP contribution is -2.08. The third-order valence-corrected chi connectivity index (χ3v) is 3.17. The van der Waals surface area contributed by atoms with Crippen molar-refractivity contribution < 1.29 is 13.2 Å². The van der Waals surface area contributed by atoms with Crippen molar-refractivity contribution in [3.8, 4) is 0 Å². The van der Waals surface area contributed by atoms with Crippen molar-refractivity contribution in [2.45, 2.75) is 38.4 Å². The van der Waals surface area contributed by atoms with Crippen LogP contribution < -0.4 is 5.73 Å². The van der Waals surface area contributed by atoms with E-state index in [4.69, 9.17) is 5.73 Å². The summed E-state index contributed by atoms with van der Waals surface area (Å²) < 4.78 is 36.7. The van der Waals surface area contributed by atoms with Crippen LogP contribution in [0.5, 0.6) is 0 Å². The van der Waals surface area contributed by atoms with Gasteiger partial charge in [0.05, 0.1) is 0 Å². The maximum atomic E-state index is 12.2. The molecule has 0 aliphatic carbocycles. The van der Waals surface area contributed by atoms with E-state index in [1.807, 2.05) is 6.92 Å². The first-order valence-electron chi connectivity index (χ1n) is 4.73. The Morgan fingerprint density at radius 3 is 2.67 bits per heavy atom. The normalized spacial score (nSPS) is 14.2. The van der Waals surface area contributed by atoms with E-state index in [2.05, 4.69) is 4.98 Å². The minimum atomic E-state index is -4.35. The lowest BCUT2D eigenvalue weighted by molar-refractivity contribution is -0.137. The van der Waals surface area contributed by atoms with Crippen LogP contribution in [0.4, 0.5) is 13.2 Å². The van der Waals surface area contributed by atoms with Crippen LogP contribution >= 0.6 is 11.3 Å². The molecule has 86 valence electrons. The number of alkyl halides is 3. The lowest BCUT2D eigenvalue weighted by atomic mass is 10.1. The Bertz CT molecular complexity index is 309. The van der Waals surface area contributed by atoms with E-state index in [1.165, 1.54) is 6.20 Å². The van der Waals surface area contributed by atoms with Crippen LogP contribution in [0.1, 0.15) is 42.1 Å². The average Bonchev–Trinajstić information content (AvgIpc) is 2.62. The van der Waals surface area contributed by atoms with Crippen LogP contribution in [0.15, 0.2) is 6.20 Å². The maximum absolute atomic E-state index is 12.2. The topological polar surface area (TPSA) is 38.9 Å². The van der Waals surface area contributed by atoms with Crippen LogP contribution in [0.25, 0.3) is 0 Å². The van der Waals surface area contributed by atoms with E-state index in [-0.39, 0.29) is 6.04 Å². The van der Waals surface area contributed by atoms with Gasteiger partial charge in [0.1, 0.15) is 0 Å². The molecule has 1 aromatic rings. The second-order valence-corrected chi connectivity index (χ2v) is 4.38. The van der Waals surface area contributed by atoms with Crippen LogP contribution in [0.2, 0.25) is 0 Å². The second-order valence-electron chi connectivity index (χ2n) is 3.31. The molecule has 1 rings (SSSR count). The second kappa shape index (κ2) is 4.94. The summed E-state index contributed by atoms with van der Waals surface area (Å²) in [4.78, 5) is 3.84. The fourth-order valence-electron chi connectivity index (χ4n) is 1.16. The monoisotopic (exact) mass is 238 g/mol. The molecular formula is C9H13F3N2S. The minimum Gasteiger partial charge on any atom is -0.323 e. The molecule has 15 heavy (non-hydrogen) atoms. The molecular weight excluding hydrogens is 225 g/mol. The number of nitrogens with two attached hydrogens (primary N) is 1. The summed E-state index contributed by atoms with van der Waals surface area (Å²) in [5, 5.41) is -0.815. The summed E-state index contributed by atoms with van der Waals surface area (Å²) in [6, 6.07) is -0.321. The molecule has 1 atom stereocenters. The van der Waals surface area contributed by atoms with Crippen LogP contribution in [-0.4, -0.2) is 4.98 Å². The summed E-state index contributed by atoms with van der Waals surface area (Å²) in [7, 11) is 0. The fraction of sp³-hybridized carbons (Fsp3) is 0.667. The molecule has 1 aromatic heterocycles. The van der Waals surface area contributed by atoms with Gasteiger partial charge in [0.25, 0.3) is 0 Å². The van der Waals surface area contributed by atoms with E-state index in [9.17, 15) is 13.2 Å². The first-order valence-corrected chi connectivity index (χ1v) is 5.55. The SMILES string of the molecule is CCCCC(N)c1cnc(C(F)(F)F)s1. The van der Waals surface area contributed by atoms with Crippen LogP contribution in [0.3, 0.4) is 0 Å². The van der Waals surface area contributed by atoms with Gasteiger partial charge < -0.3 is 5.73 Å². The first kappa shape index (κ1) is 12.4. The molecule has 0 bridgehead atoms. The van der Waals surface area contributed by atoms with Gasteiger partial charge >= 0.3 is 6.18 Å². The number of halogens is 3. The zero-order chi connectivity index (χ0) is 11.5. The van der Waals surface area contributed by atoms with E-state index in [0.717, 1.165) is 12.8 Å². The van der Waals surface area contributed by atoms with Gasteiger partial charge in [0.2, 0.25) is 0 Å². The van der Waals surface area contributed by atoms with Crippen molar-refractivity contribution in [2.24, 2.45) is 5.73 Å². The number of hydrogen-bond acceptors (Lipinski definition) is 3. The molecule has 0 fully saturated rings. The molecule has 0 saturated carbocycles. The van der Waals surface area contributed by atoms with Gasteiger partial charge in [0.15, 0.2) is 5.01 Å². The van der Waals surface area contributed by atoms with Gasteiger partial charge in [-0.05, 0) is 6.42 Å². The number of aromatic nitrogens is 1. The summed E-state index contributed by atoms with van der Waals surface area (Å²) in [5.74, 6) is 0. The Kier molecular flexibility index (Phi) is 4.10. The highest BCUT2D eigenvalue weighted by atomic mass is 32.1. The summed E-state index contributed by atoms with van der Waals surface area (Å²) in [6.07, 6.45) is -0.518. The maximum Gasteiger partial charge on any atom is 0.443 e. The largest absolute Gasteiger partial charge is 0.443 e. The summed E-state index contributed by atoms with van der Waals surface area (Å²) >= 11 is 0.637. The van der Waals surface area contributed by atoms with E-state index < -0.39 is 11.2 Å². The van der Waals surface area contributed by atoms with Gasteiger partial charge in [-0.1, -0.05) is 19.8 Å². The van der Waals surface area contributed by atoms with E-state index in [0.29, 0.717) is 22.6 Å². The van der Waals surface area contributed by atoms with Crippen molar-refractivity contribution in [1.82, 2.24) is 4.98 Å². The number of nitrogens with zero attached hydrogens (tertiary/aromatic N) is 1. The predicted molar refractivity (Wildman–Crippen MR) is 53.6 cm³/mol. The molecule has 0 aliphatic heterocycles. The number of thiazole rings is 1. The van der Waals surface area contributed by atoms with Gasteiger partial charge in [0, 0.05) is 17.1 Å².